The van der Waals surface area contributed by atoms with Crippen LogP contribution in [0, 0.1) is 0 Å². The van der Waals surface area contributed by atoms with Crippen molar-refractivity contribution in [3.63, 3.8) is 0 Å². The molecule has 1 rings (SSSR count). The minimum atomic E-state index is -0.653. The molecule has 1 aromatic rings. The summed E-state index contributed by atoms with van der Waals surface area (Å²) in [7, 11) is 0. The summed E-state index contributed by atoms with van der Waals surface area (Å²) in [5.74, 6) is -1.14. The van der Waals surface area contributed by atoms with E-state index in [1.807, 2.05) is 0 Å². The third-order valence-electron chi connectivity index (χ3n) is 4.91. The van der Waals surface area contributed by atoms with Crippen molar-refractivity contribution in [2.24, 2.45) is 5.73 Å². The van der Waals surface area contributed by atoms with E-state index in [0.717, 1.165) is 12.8 Å². The molecule has 0 unspecified atom stereocenters. The van der Waals surface area contributed by atoms with Crippen LogP contribution in [0.1, 0.15) is 120 Å². The van der Waals surface area contributed by atoms with Gasteiger partial charge in [0, 0.05) is 12.6 Å². The molecule has 1 amide bonds. The summed E-state index contributed by atoms with van der Waals surface area (Å²) >= 11 is 0. The minimum absolute atomic E-state index is 0.303. The quantitative estimate of drug-likeness (QED) is 0.288. The zero-order chi connectivity index (χ0) is 21.6. The standard InChI is InChI=1S/C18H36O2.C6H6N2O/c1-2-3-4-5-6-7-8-9-10-11-12-13-14-15-16-17-18(19)20;7-6(9)5-3-1-2-4-8-5/h2-17H2,1H3,(H,19,20);1-4H,(H2,7,9). The first kappa shape index (κ1) is 27.1. The second kappa shape index (κ2) is 20.8. The second-order valence-corrected chi connectivity index (χ2v) is 7.67. The Morgan fingerprint density at radius 3 is 1.55 bits per heavy atom. The van der Waals surface area contributed by atoms with Crippen molar-refractivity contribution in [3.05, 3.63) is 30.1 Å². The molecule has 0 bridgehead atoms. The summed E-state index contributed by atoms with van der Waals surface area (Å²) in [5, 5.41) is 8.52. The average molecular weight is 407 g/mol. The number of carbonyl (C=O) groups is 2. The third kappa shape index (κ3) is 20.6. The summed E-state index contributed by atoms with van der Waals surface area (Å²) in [6.45, 7) is 2.27. The highest BCUT2D eigenvalue weighted by molar-refractivity contribution is 5.90. The van der Waals surface area contributed by atoms with Gasteiger partial charge in [-0.15, -0.1) is 0 Å². The Hall–Kier alpha value is -1.91. The van der Waals surface area contributed by atoms with Gasteiger partial charge in [-0.1, -0.05) is 103 Å². The van der Waals surface area contributed by atoms with Crippen LogP contribution in [-0.4, -0.2) is 22.0 Å². The van der Waals surface area contributed by atoms with Crippen LogP contribution in [0.15, 0.2) is 24.4 Å². The number of aromatic nitrogens is 1. The van der Waals surface area contributed by atoms with Crippen LogP contribution in [0.3, 0.4) is 0 Å². The minimum Gasteiger partial charge on any atom is -0.481 e. The first-order chi connectivity index (χ1) is 14.1. The van der Waals surface area contributed by atoms with Gasteiger partial charge in [0.05, 0.1) is 0 Å². The number of nitrogens with zero attached hydrogens (tertiary/aromatic N) is 1. The van der Waals surface area contributed by atoms with Gasteiger partial charge in [0.1, 0.15) is 5.69 Å². The number of carbonyl (C=O) groups excluding carboxylic acids is 1. The van der Waals surface area contributed by atoms with Crippen LogP contribution in [0.25, 0.3) is 0 Å². The van der Waals surface area contributed by atoms with Crippen molar-refractivity contribution in [1.29, 1.82) is 0 Å². The fourth-order valence-corrected chi connectivity index (χ4v) is 3.16. The van der Waals surface area contributed by atoms with Gasteiger partial charge in [0.15, 0.2) is 0 Å². The number of pyridine rings is 1. The molecule has 0 aliphatic heterocycles. The van der Waals surface area contributed by atoms with Gasteiger partial charge in [-0.25, -0.2) is 0 Å². The van der Waals surface area contributed by atoms with Crippen molar-refractivity contribution in [3.8, 4) is 0 Å². The first-order valence-corrected chi connectivity index (χ1v) is 11.5. The molecule has 5 nitrogen and oxygen atoms in total. The number of hydrogen-bond donors (Lipinski definition) is 2. The fourth-order valence-electron chi connectivity index (χ4n) is 3.16. The van der Waals surface area contributed by atoms with Crippen molar-refractivity contribution < 1.29 is 14.7 Å². The van der Waals surface area contributed by atoms with Crippen molar-refractivity contribution in [2.45, 2.75) is 110 Å². The number of carboxylic acids is 1. The highest BCUT2D eigenvalue weighted by atomic mass is 16.4. The maximum absolute atomic E-state index is 10.4. The van der Waals surface area contributed by atoms with Crippen LogP contribution in [-0.2, 0) is 4.79 Å². The van der Waals surface area contributed by atoms with E-state index in [9.17, 15) is 9.59 Å². The van der Waals surface area contributed by atoms with Crippen molar-refractivity contribution >= 4 is 11.9 Å². The SMILES string of the molecule is CCCCCCCCCCCCCCCCCC(=O)O.NC(=O)c1ccccn1. The number of unbranched alkanes of at least 4 members (excludes halogenated alkanes) is 14. The van der Waals surface area contributed by atoms with Gasteiger partial charge in [0.25, 0.3) is 5.91 Å². The number of rotatable bonds is 17. The summed E-state index contributed by atoms with van der Waals surface area (Å²) in [6.07, 6.45) is 21.7. The van der Waals surface area contributed by atoms with E-state index in [0.29, 0.717) is 12.1 Å². The molecule has 166 valence electrons. The molecule has 29 heavy (non-hydrogen) atoms. The van der Waals surface area contributed by atoms with E-state index < -0.39 is 11.9 Å². The predicted molar refractivity (Wildman–Crippen MR) is 120 cm³/mol. The normalized spacial score (nSPS) is 10.2. The number of nitrogens with two attached hydrogens (primary N) is 1. The topological polar surface area (TPSA) is 93.3 Å². The van der Waals surface area contributed by atoms with E-state index in [2.05, 4.69) is 11.9 Å². The Labute approximate surface area is 177 Å². The van der Waals surface area contributed by atoms with E-state index in [4.69, 9.17) is 10.8 Å². The Bertz CT molecular complexity index is 506. The molecule has 5 heteroatoms. The molecular formula is C24H42N2O3. The predicted octanol–water partition coefficient (Wildman–Crippen LogP) is 6.51. The third-order valence-corrected chi connectivity index (χ3v) is 4.91. The zero-order valence-corrected chi connectivity index (χ0v) is 18.4. The first-order valence-electron chi connectivity index (χ1n) is 11.5. The van der Waals surface area contributed by atoms with E-state index in [1.54, 1.807) is 18.2 Å². The summed E-state index contributed by atoms with van der Waals surface area (Å²) in [4.78, 5) is 24.4. The van der Waals surface area contributed by atoms with Gasteiger partial charge in [-0.05, 0) is 18.6 Å². The molecule has 0 fully saturated rings. The molecule has 0 saturated carbocycles. The Morgan fingerprint density at radius 2 is 1.24 bits per heavy atom. The van der Waals surface area contributed by atoms with Crippen LogP contribution in [0.5, 0.6) is 0 Å². The fraction of sp³-hybridized carbons (Fsp3) is 0.708. The van der Waals surface area contributed by atoms with Gasteiger partial charge >= 0.3 is 5.97 Å². The molecular weight excluding hydrogens is 364 g/mol. The van der Waals surface area contributed by atoms with Gasteiger partial charge < -0.3 is 10.8 Å². The number of primary amides is 1. The monoisotopic (exact) mass is 406 g/mol. The lowest BCUT2D eigenvalue weighted by Gasteiger charge is -2.03. The Kier molecular flexibility index (Phi) is 19.4. The van der Waals surface area contributed by atoms with Crippen LogP contribution >= 0.6 is 0 Å². The molecule has 0 atom stereocenters. The highest BCUT2D eigenvalue weighted by Gasteiger charge is 1.97. The highest BCUT2D eigenvalue weighted by Crippen LogP contribution is 2.13. The molecule has 0 aliphatic carbocycles. The average Bonchev–Trinajstić information content (AvgIpc) is 2.72. The smallest absolute Gasteiger partial charge is 0.303 e. The van der Waals surface area contributed by atoms with Crippen LogP contribution in [0.2, 0.25) is 0 Å². The Morgan fingerprint density at radius 1 is 0.793 bits per heavy atom. The molecule has 3 N–H and O–H groups in total. The lowest BCUT2D eigenvalue weighted by Crippen LogP contribution is -2.12. The lowest BCUT2D eigenvalue weighted by molar-refractivity contribution is -0.137. The number of aliphatic carboxylic acids is 1. The number of hydrogen-bond acceptors (Lipinski definition) is 3. The van der Waals surface area contributed by atoms with Crippen molar-refractivity contribution in [1.82, 2.24) is 4.98 Å². The maximum Gasteiger partial charge on any atom is 0.303 e. The molecule has 0 spiro atoms. The van der Waals surface area contributed by atoms with Gasteiger partial charge in [-0.3, -0.25) is 14.6 Å². The largest absolute Gasteiger partial charge is 0.481 e. The second-order valence-electron chi connectivity index (χ2n) is 7.67. The number of carboxylic acid groups (broad SMARTS) is 1. The molecule has 0 saturated heterocycles. The zero-order valence-electron chi connectivity index (χ0n) is 18.4. The molecule has 0 aromatic carbocycles. The van der Waals surface area contributed by atoms with Crippen LogP contribution in [0.4, 0.5) is 0 Å². The molecule has 1 heterocycles. The van der Waals surface area contributed by atoms with Crippen LogP contribution < -0.4 is 5.73 Å². The van der Waals surface area contributed by atoms with Gasteiger partial charge in [-0.2, -0.15) is 0 Å². The molecule has 1 aromatic heterocycles. The van der Waals surface area contributed by atoms with Crippen molar-refractivity contribution in [2.75, 3.05) is 0 Å². The van der Waals surface area contributed by atoms with E-state index >= 15 is 0 Å². The summed E-state index contributed by atoms with van der Waals surface area (Å²) < 4.78 is 0. The van der Waals surface area contributed by atoms with Gasteiger partial charge in [0.2, 0.25) is 0 Å². The lowest BCUT2D eigenvalue weighted by atomic mass is 10.0. The maximum atomic E-state index is 10.4. The van der Waals surface area contributed by atoms with E-state index in [-0.39, 0.29) is 0 Å². The summed E-state index contributed by atoms with van der Waals surface area (Å²) in [6, 6.07) is 5.02. The number of amides is 1. The molecule has 0 radical (unpaired) electrons. The summed E-state index contributed by atoms with van der Waals surface area (Å²) in [5.41, 5.74) is 5.22. The van der Waals surface area contributed by atoms with E-state index in [1.165, 1.54) is 89.7 Å². The Balaban J connectivity index is 0.000000717. The molecule has 0 aliphatic rings.